The largest absolute Gasteiger partial charge is 0.384 e. The highest BCUT2D eigenvalue weighted by Gasteiger charge is 2.14. The average molecular weight is 332 g/mol. The first-order chi connectivity index (χ1) is 9.63. The van der Waals surface area contributed by atoms with Crippen molar-refractivity contribution in [2.45, 2.75) is 13.3 Å². The van der Waals surface area contributed by atoms with Gasteiger partial charge in [0.2, 0.25) is 0 Å². The van der Waals surface area contributed by atoms with Crippen molar-refractivity contribution >= 4 is 33.3 Å². The SMILES string of the molecule is Cc1cc(NC(=O)c2ccc3c(c2)CCN3)ncc1Br. The van der Waals surface area contributed by atoms with Gasteiger partial charge >= 0.3 is 0 Å². The molecule has 0 saturated heterocycles. The summed E-state index contributed by atoms with van der Waals surface area (Å²) in [7, 11) is 0. The van der Waals surface area contributed by atoms with Crippen molar-refractivity contribution in [1.82, 2.24) is 4.98 Å². The van der Waals surface area contributed by atoms with Gasteiger partial charge in [-0.15, -0.1) is 0 Å². The van der Waals surface area contributed by atoms with Gasteiger partial charge in [-0.05, 0) is 64.7 Å². The van der Waals surface area contributed by atoms with E-state index in [0.717, 1.165) is 28.7 Å². The number of halogens is 1. The molecule has 3 rings (SSSR count). The number of aryl methyl sites for hydroxylation is 1. The Labute approximate surface area is 125 Å². The van der Waals surface area contributed by atoms with E-state index in [0.29, 0.717) is 11.4 Å². The molecule has 5 heteroatoms. The molecule has 2 aromatic rings. The number of amides is 1. The van der Waals surface area contributed by atoms with E-state index in [-0.39, 0.29) is 5.91 Å². The molecular formula is C15H14BrN3O. The molecule has 0 bridgehead atoms. The van der Waals surface area contributed by atoms with Gasteiger partial charge in [-0.2, -0.15) is 0 Å². The summed E-state index contributed by atoms with van der Waals surface area (Å²) in [4.78, 5) is 16.4. The molecule has 1 aliphatic rings. The number of hydrogen-bond acceptors (Lipinski definition) is 3. The average Bonchev–Trinajstić information content (AvgIpc) is 2.90. The monoisotopic (exact) mass is 331 g/mol. The number of hydrogen-bond donors (Lipinski definition) is 2. The van der Waals surface area contributed by atoms with Crippen LogP contribution < -0.4 is 10.6 Å². The second kappa shape index (κ2) is 5.25. The number of aromatic nitrogens is 1. The zero-order valence-electron chi connectivity index (χ0n) is 11.0. The molecule has 1 aliphatic heterocycles. The van der Waals surface area contributed by atoms with E-state index in [9.17, 15) is 4.79 Å². The number of anilines is 2. The third-order valence-corrected chi connectivity index (χ3v) is 4.20. The van der Waals surface area contributed by atoms with Crippen LogP contribution in [0.4, 0.5) is 11.5 Å². The standard InChI is InChI=1S/C15H14BrN3O/c1-9-6-14(18-8-12(9)16)19-15(20)11-2-3-13-10(7-11)4-5-17-13/h2-3,6-8,17H,4-5H2,1H3,(H,18,19,20). The van der Waals surface area contributed by atoms with E-state index >= 15 is 0 Å². The fourth-order valence-electron chi connectivity index (χ4n) is 2.24. The second-order valence-corrected chi connectivity index (χ2v) is 5.68. The molecule has 20 heavy (non-hydrogen) atoms. The molecule has 1 aromatic heterocycles. The van der Waals surface area contributed by atoms with Gasteiger partial charge in [0.15, 0.2) is 0 Å². The zero-order valence-corrected chi connectivity index (χ0v) is 12.6. The lowest BCUT2D eigenvalue weighted by Gasteiger charge is -2.07. The van der Waals surface area contributed by atoms with Crippen LogP contribution in [0.5, 0.6) is 0 Å². The van der Waals surface area contributed by atoms with Crippen LogP contribution in [-0.4, -0.2) is 17.4 Å². The van der Waals surface area contributed by atoms with Gasteiger partial charge < -0.3 is 10.6 Å². The smallest absolute Gasteiger partial charge is 0.256 e. The molecule has 2 heterocycles. The third-order valence-electron chi connectivity index (χ3n) is 3.37. The first-order valence-corrected chi connectivity index (χ1v) is 7.23. The normalized spacial score (nSPS) is 12.7. The number of benzene rings is 1. The molecule has 0 aliphatic carbocycles. The van der Waals surface area contributed by atoms with Crippen molar-refractivity contribution in [3.8, 4) is 0 Å². The quantitative estimate of drug-likeness (QED) is 0.887. The number of fused-ring (bicyclic) bond motifs is 1. The molecule has 1 aromatic carbocycles. The molecule has 0 radical (unpaired) electrons. The molecule has 2 N–H and O–H groups in total. The summed E-state index contributed by atoms with van der Waals surface area (Å²) in [5.41, 5.74) is 4.01. The second-order valence-electron chi connectivity index (χ2n) is 4.82. The first kappa shape index (κ1) is 13.1. The summed E-state index contributed by atoms with van der Waals surface area (Å²) in [5.74, 6) is 0.434. The summed E-state index contributed by atoms with van der Waals surface area (Å²) in [6.45, 7) is 2.90. The van der Waals surface area contributed by atoms with Crippen LogP contribution in [0.1, 0.15) is 21.5 Å². The number of nitrogens with one attached hydrogen (secondary N) is 2. The summed E-state index contributed by atoms with van der Waals surface area (Å²) < 4.78 is 0.930. The van der Waals surface area contributed by atoms with Crippen molar-refractivity contribution in [3.05, 3.63) is 51.6 Å². The van der Waals surface area contributed by atoms with E-state index < -0.39 is 0 Å². The minimum atomic E-state index is -0.131. The molecule has 0 spiro atoms. The Kier molecular flexibility index (Phi) is 3.44. The van der Waals surface area contributed by atoms with Crippen molar-refractivity contribution < 1.29 is 4.79 Å². The summed E-state index contributed by atoms with van der Waals surface area (Å²) in [5, 5.41) is 6.11. The summed E-state index contributed by atoms with van der Waals surface area (Å²) >= 11 is 3.39. The van der Waals surface area contributed by atoms with E-state index in [4.69, 9.17) is 0 Å². The van der Waals surface area contributed by atoms with Crippen molar-refractivity contribution in [2.24, 2.45) is 0 Å². The fourth-order valence-corrected chi connectivity index (χ4v) is 2.46. The summed E-state index contributed by atoms with van der Waals surface area (Å²) in [6, 6.07) is 7.57. The zero-order chi connectivity index (χ0) is 14.1. The number of carbonyl (C=O) groups excluding carboxylic acids is 1. The fraction of sp³-hybridized carbons (Fsp3) is 0.200. The maximum absolute atomic E-state index is 12.2. The first-order valence-electron chi connectivity index (χ1n) is 6.44. The minimum absolute atomic E-state index is 0.131. The van der Waals surface area contributed by atoms with Crippen molar-refractivity contribution in [2.75, 3.05) is 17.2 Å². The highest BCUT2D eigenvalue weighted by molar-refractivity contribution is 9.10. The van der Waals surface area contributed by atoms with Crippen molar-refractivity contribution in [1.29, 1.82) is 0 Å². The molecule has 0 fully saturated rings. The van der Waals surface area contributed by atoms with Crippen LogP contribution in [0, 0.1) is 6.92 Å². The maximum atomic E-state index is 12.2. The molecular weight excluding hydrogens is 318 g/mol. The van der Waals surface area contributed by atoms with E-state index in [1.165, 1.54) is 5.56 Å². The lowest BCUT2D eigenvalue weighted by molar-refractivity contribution is 0.102. The Balaban J connectivity index is 1.80. The molecule has 0 saturated carbocycles. The van der Waals surface area contributed by atoms with Crippen LogP contribution in [-0.2, 0) is 6.42 Å². The Morgan fingerprint density at radius 2 is 2.25 bits per heavy atom. The van der Waals surface area contributed by atoms with Crippen LogP contribution in [0.3, 0.4) is 0 Å². The van der Waals surface area contributed by atoms with Gasteiger partial charge in [0, 0.05) is 28.5 Å². The highest BCUT2D eigenvalue weighted by Crippen LogP contribution is 2.23. The van der Waals surface area contributed by atoms with Crippen LogP contribution >= 0.6 is 15.9 Å². The van der Waals surface area contributed by atoms with Gasteiger partial charge in [0.1, 0.15) is 5.82 Å². The van der Waals surface area contributed by atoms with Crippen LogP contribution in [0.2, 0.25) is 0 Å². The Morgan fingerprint density at radius 1 is 1.40 bits per heavy atom. The van der Waals surface area contributed by atoms with Gasteiger partial charge in [-0.25, -0.2) is 4.98 Å². The van der Waals surface area contributed by atoms with Gasteiger partial charge in [-0.1, -0.05) is 0 Å². The van der Waals surface area contributed by atoms with Gasteiger partial charge in [0.25, 0.3) is 5.91 Å². The van der Waals surface area contributed by atoms with E-state index in [1.54, 1.807) is 6.20 Å². The number of nitrogens with zero attached hydrogens (tertiary/aromatic N) is 1. The lowest BCUT2D eigenvalue weighted by atomic mass is 10.1. The Bertz CT molecular complexity index is 685. The number of carbonyl (C=O) groups is 1. The van der Waals surface area contributed by atoms with Crippen molar-refractivity contribution in [3.63, 3.8) is 0 Å². The predicted molar refractivity (Wildman–Crippen MR) is 83.3 cm³/mol. The maximum Gasteiger partial charge on any atom is 0.256 e. The number of rotatable bonds is 2. The Morgan fingerprint density at radius 3 is 3.05 bits per heavy atom. The molecule has 102 valence electrons. The third kappa shape index (κ3) is 2.54. The highest BCUT2D eigenvalue weighted by atomic mass is 79.9. The van der Waals surface area contributed by atoms with E-state index in [1.807, 2.05) is 31.2 Å². The minimum Gasteiger partial charge on any atom is -0.384 e. The molecule has 0 unspecified atom stereocenters. The number of pyridine rings is 1. The lowest BCUT2D eigenvalue weighted by Crippen LogP contribution is -2.13. The van der Waals surface area contributed by atoms with Crippen LogP contribution in [0.25, 0.3) is 0 Å². The van der Waals surface area contributed by atoms with Crippen LogP contribution in [0.15, 0.2) is 34.9 Å². The topological polar surface area (TPSA) is 54.0 Å². The van der Waals surface area contributed by atoms with Gasteiger partial charge in [-0.3, -0.25) is 4.79 Å². The molecule has 4 nitrogen and oxygen atoms in total. The molecule has 0 atom stereocenters. The van der Waals surface area contributed by atoms with E-state index in [2.05, 4.69) is 31.5 Å². The predicted octanol–water partition coefficient (Wildman–Crippen LogP) is 3.37. The summed E-state index contributed by atoms with van der Waals surface area (Å²) in [6.07, 6.45) is 2.66. The molecule has 1 amide bonds. The van der Waals surface area contributed by atoms with Gasteiger partial charge in [0.05, 0.1) is 0 Å². The Hall–Kier alpha value is -1.88.